The van der Waals surface area contributed by atoms with Gasteiger partial charge in [-0.3, -0.25) is 4.79 Å². The van der Waals surface area contributed by atoms with E-state index < -0.39 is 96.9 Å². The summed E-state index contributed by atoms with van der Waals surface area (Å²) in [4.78, 5) is 26.2. The minimum atomic E-state index is -1.79. The van der Waals surface area contributed by atoms with Gasteiger partial charge in [-0.05, 0) is 97.7 Å². The summed E-state index contributed by atoms with van der Waals surface area (Å²) in [5, 5.41) is 82.2. The smallest absolute Gasteiger partial charge is 0.335 e. The fraction of sp³-hybridized carbons (Fsp3) is 0.854. The number of aliphatic hydroxyl groups is 7. The molecule has 0 aromatic rings. The monoisotopic (exact) mass is 778 g/mol. The molecule has 2 aliphatic heterocycles. The van der Waals surface area contributed by atoms with Gasteiger partial charge in [-0.2, -0.15) is 0 Å². The minimum absolute atomic E-state index is 0.112. The number of carbonyl (C=O) groups excluding carboxylic acids is 1. The molecule has 14 heteroatoms. The molecule has 55 heavy (non-hydrogen) atoms. The number of carboxylic acid groups (broad SMARTS) is 1. The van der Waals surface area contributed by atoms with Gasteiger partial charge in [0.2, 0.25) is 6.29 Å². The number of rotatable bonds is 6. The number of carbonyl (C=O) groups is 2. The molecule has 0 amide bonds. The van der Waals surface area contributed by atoms with Crippen LogP contribution in [-0.4, -0.2) is 127 Å². The van der Waals surface area contributed by atoms with E-state index in [9.17, 15) is 50.4 Å². The van der Waals surface area contributed by atoms with Gasteiger partial charge in [0.15, 0.2) is 12.4 Å². The normalized spacial score (nSPS) is 52.1. The Kier molecular flexibility index (Phi) is 10.6. The second-order valence-corrected chi connectivity index (χ2v) is 19.3. The van der Waals surface area contributed by atoms with Gasteiger partial charge in [-0.15, -0.1) is 0 Å². The molecule has 0 radical (unpaired) electrons. The van der Waals surface area contributed by atoms with Crippen LogP contribution in [0.1, 0.15) is 98.8 Å². The van der Waals surface area contributed by atoms with Gasteiger partial charge >= 0.3 is 11.9 Å². The van der Waals surface area contributed by atoms with Gasteiger partial charge in [0.25, 0.3) is 0 Å². The summed E-state index contributed by atoms with van der Waals surface area (Å²) < 4.78 is 23.4. The fourth-order valence-electron chi connectivity index (χ4n) is 13.1. The zero-order chi connectivity index (χ0) is 40.2. The Labute approximate surface area is 322 Å². The average Bonchev–Trinajstić information content (AvgIpc) is 3.13. The number of carboxylic acids is 1. The van der Waals surface area contributed by atoms with Crippen LogP contribution in [0, 0.1) is 44.8 Å². The average molecular weight is 779 g/mol. The Morgan fingerprint density at radius 1 is 0.818 bits per heavy atom. The van der Waals surface area contributed by atoms with Crippen molar-refractivity contribution in [2.75, 3.05) is 6.61 Å². The quantitative estimate of drug-likeness (QED) is 0.109. The van der Waals surface area contributed by atoms with Gasteiger partial charge in [-0.1, -0.05) is 58.4 Å². The van der Waals surface area contributed by atoms with Crippen molar-refractivity contribution >= 4 is 11.9 Å². The lowest BCUT2D eigenvalue weighted by Crippen LogP contribution is -2.66. The van der Waals surface area contributed by atoms with E-state index >= 15 is 0 Å². The first-order chi connectivity index (χ1) is 25.7. The van der Waals surface area contributed by atoms with Crippen LogP contribution >= 0.6 is 0 Å². The predicted octanol–water partition coefficient (Wildman–Crippen LogP) is 1.94. The zero-order valence-electron chi connectivity index (χ0n) is 32.7. The highest BCUT2D eigenvalue weighted by molar-refractivity contribution is 5.79. The van der Waals surface area contributed by atoms with Crippen molar-refractivity contribution < 1.29 is 69.4 Å². The second kappa shape index (κ2) is 14.1. The van der Waals surface area contributed by atoms with Crippen molar-refractivity contribution in [3.8, 4) is 0 Å². The number of fused-ring (bicyclic) bond motifs is 7. The summed E-state index contributed by atoms with van der Waals surface area (Å²) in [5.74, 6) is -1.65. The maximum Gasteiger partial charge on any atom is 0.335 e. The highest BCUT2D eigenvalue weighted by Gasteiger charge is 2.69. The molecule has 7 rings (SSSR count). The number of hydrogen-bond acceptors (Lipinski definition) is 13. The lowest BCUT2D eigenvalue weighted by molar-refractivity contribution is -0.324. The third-order valence-corrected chi connectivity index (χ3v) is 16.6. The molecule has 2 heterocycles. The molecule has 7 aliphatic rings. The molecule has 310 valence electrons. The first-order valence-corrected chi connectivity index (χ1v) is 20.1. The van der Waals surface area contributed by atoms with Crippen LogP contribution in [0.4, 0.5) is 0 Å². The summed E-state index contributed by atoms with van der Waals surface area (Å²) in [5.41, 5.74) is 0.508. The highest BCUT2D eigenvalue weighted by Crippen LogP contribution is 2.75. The first kappa shape index (κ1) is 41.2. The number of ether oxygens (including phenoxy) is 4. The SMILES string of the molecule is C=C1CC[C@]2(C(=O)O[C@H]3O[C@@H](CO)[C@H](O)[C@@H](O)[C@@H]3O)CC[C@]3(C)C(=CCC4[C@@]5(C)CC[C@H](O[C@@H]6O[C@H](C(=O)O)[C@@H](O)[C@H](O)[C@H]6O)C(C)(C)C5CC[C@]43C)[C@@H]2C1. The summed E-state index contributed by atoms with van der Waals surface area (Å²) in [7, 11) is 0. The largest absolute Gasteiger partial charge is 0.479 e. The van der Waals surface area contributed by atoms with Crippen molar-refractivity contribution in [3.05, 3.63) is 23.8 Å². The Morgan fingerprint density at radius 3 is 2.16 bits per heavy atom. The van der Waals surface area contributed by atoms with E-state index in [-0.39, 0.29) is 34.0 Å². The van der Waals surface area contributed by atoms with Gasteiger partial charge in [0.1, 0.15) is 42.7 Å². The van der Waals surface area contributed by atoms with Crippen LogP contribution in [0.2, 0.25) is 0 Å². The zero-order valence-corrected chi connectivity index (χ0v) is 32.7. The van der Waals surface area contributed by atoms with Crippen molar-refractivity contribution in [1.82, 2.24) is 0 Å². The van der Waals surface area contributed by atoms with Gasteiger partial charge in [0, 0.05) is 5.92 Å². The number of esters is 1. The third kappa shape index (κ3) is 6.02. The fourth-order valence-corrected chi connectivity index (χ4v) is 13.1. The standard InChI is InChI=1S/C41H62O14/c1-19-9-14-41(36(51)55-34-30(47)27(44)26(43)22(18-42)52-34)16-15-39(5)20(21(41)17-19)7-8-24-38(4)12-11-25(37(2,3)23(38)10-13-40(24,39)6)53-35-31(48)28(45)29(46)32(54-35)33(49)50/h7,21-32,34-35,42-48H,1,8-18H2,2-6H3,(H,49,50)/t21-,22-,23?,24?,25-,26-,27+,28-,29-,30-,31+,32-,34+,35+,38-,39+,40+,41-/m0/s1. The molecule has 8 N–H and O–H groups in total. The first-order valence-electron chi connectivity index (χ1n) is 20.1. The lowest BCUT2D eigenvalue weighted by atomic mass is 9.34. The Balaban J connectivity index is 1.14. The summed E-state index contributed by atoms with van der Waals surface area (Å²) in [6.07, 6.45) is -6.78. The van der Waals surface area contributed by atoms with E-state index in [2.05, 4.69) is 47.3 Å². The van der Waals surface area contributed by atoms with E-state index in [1.165, 1.54) is 5.57 Å². The number of allylic oxidation sites excluding steroid dienone is 3. The molecular weight excluding hydrogens is 716 g/mol. The van der Waals surface area contributed by atoms with Crippen LogP contribution in [0.5, 0.6) is 0 Å². The van der Waals surface area contributed by atoms with Crippen molar-refractivity contribution in [2.24, 2.45) is 44.8 Å². The van der Waals surface area contributed by atoms with Crippen LogP contribution in [-0.2, 0) is 28.5 Å². The predicted molar refractivity (Wildman–Crippen MR) is 193 cm³/mol. The van der Waals surface area contributed by atoms with E-state index in [4.69, 9.17) is 18.9 Å². The minimum Gasteiger partial charge on any atom is -0.479 e. The van der Waals surface area contributed by atoms with Crippen molar-refractivity contribution in [1.29, 1.82) is 0 Å². The summed E-state index contributed by atoms with van der Waals surface area (Å²) in [6, 6.07) is 0. The maximum absolute atomic E-state index is 14.4. The molecule has 14 nitrogen and oxygen atoms in total. The summed E-state index contributed by atoms with van der Waals surface area (Å²) >= 11 is 0. The van der Waals surface area contributed by atoms with E-state index in [1.807, 2.05) is 0 Å². The Morgan fingerprint density at radius 2 is 1.49 bits per heavy atom. The molecule has 2 saturated heterocycles. The molecule has 0 bridgehead atoms. The second-order valence-electron chi connectivity index (χ2n) is 19.3. The molecule has 0 aromatic carbocycles. The molecule has 0 aromatic heterocycles. The molecule has 0 spiro atoms. The van der Waals surface area contributed by atoms with Gasteiger partial charge < -0.3 is 59.8 Å². The molecular formula is C41H62O14. The maximum atomic E-state index is 14.4. The Hall–Kier alpha value is -1.98. The van der Waals surface area contributed by atoms with Crippen LogP contribution < -0.4 is 0 Å². The van der Waals surface area contributed by atoms with Crippen LogP contribution in [0.15, 0.2) is 23.8 Å². The summed E-state index contributed by atoms with van der Waals surface area (Å²) in [6.45, 7) is 15.2. The lowest BCUT2D eigenvalue weighted by Gasteiger charge is -2.71. The van der Waals surface area contributed by atoms with Crippen molar-refractivity contribution in [3.63, 3.8) is 0 Å². The number of aliphatic hydroxyl groups excluding tert-OH is 7. The van der Waals surface area contributed by atoms with Gasteiger partial charge in [-0.25, -0.2) is 4.79 Å². The molecule has 5 aliphatic carbocycles. The highest BCUT2D eigenvalue weighted by atomic mass is 16.7. The van der Waals surface area contributed by atoms with Gasteiger partial charge in [0.05, 0.1) is 18.1 Å². The molecule has 6 fully saturated rings. The number of hydrogen-bond donors (Lipinski definition) is 8. The van der Waals surface area contributed by atoms with Crippen LogP contribution in [0.3, 0.4) is 0 Å². The number of aliphatic carboxylic acids is 1. The Bertz CT molecular complexity index is 1560. The third-order valence-electron chi connectivity index (χ3n) is 16.6. The molecule has 18 atom stereocenters. The van der Waals surface area contributed by atoms with E-state index in [0.717, 1.165) is 37.7 Å². The van der Waals surface area contributed by atoms with Crippen molar-refractivity contribution in [2.45, 2.75) is 166 Å². The topological polar surface area (TPSA) is 233 Å². The van der Waals surface area contributed by atoms with Crippen LogP contribution in [0.25, 0.3) is 0 Å². The van der Waals surface area contributed by atoms with E-state index in [1.54, 1.807) is 0 Å². The van der Waals surface area contributed by atoms with E-state index in [0.29, 0.717) is 32.1 Å². The molecule has 2 unspecified atom stereocenters. The molecule has 4 saturated carbocycles.